The summed E-state index contributed by atoms with van der Waals surface area (Å²) in [5.74, 6) is 0. The van der Waals surface area contributed by atoms with Crippen LogP contribution in [0, 0.1) is 0 Å². The molecular weight excluding hydrogens is 333 g/mol. The summed E-state index contributed by atoms with van der Waals surface area (Å²) in [5.41, 5.74) is 0.889. The number of aromatic nitrogens is 1. The average Bonchev–Trinajstić information content (AvgIpc) is 2.64. The molecule has 0 fully saturated rings. The Balaban J connectivity index is 2.46. The Kier molecular flexibility index (Phi) is 3.87. The lowest BCUT2D eigenvalue weighted by molar-refractivity contribution is 0.284. The van der Waals surface area contributed by atoms with Crippen LogP contribution in [0.1, 0.15) is 4.88 Å². The van der Waals surface area contributed by atoms with Crippen LogP contribution < -0.4 is 0 Å². The predicted molar refractivity (Wildman–Crippen MR) is 71.2 cm³/mol. The number of hydrogen-bond donors (Lipinski definition) is 1. The number of halogens is 3. The van der Waals surface area contributed by atoms with E-state index < -0.39 is 0 Å². The molecule has 1 heterocycles. The number of aliphatic hydroxyl groups excluding tert-OH is 1. The van der Waals surface area contributed by atoms with E-state index in [1.165, 1.54) is 11.3 Å². The number of nitrogens with zero attached hydrogens (tertiary/aromatic N) is 1. The summed E-state index contributed by atoms with van der Waals surface area (Å²) in [6.45, 7) is -0.0282. The molecule has 16 heavy (non-hydrogen) atoms. The molecule has 0 bridgehead atoms. The van der Waals surface area contributed by atoms with Crippen LogP contribution >= 0.6 is 50.5 Å². The van der Waals surface area contributed by atoms with Crippen molar-refractivity contribution in [1.29, 1.82) is 0 Å². The Morgan fingerprint density at radius 3 is 2.62 bits per heavy atom. The Morgan fingerprint density at radius 1 is 1.31 bits per heavy atom. The molecule has 0 aliphatic carbocycles. The molecular formula is C10H6BrCl2NOS. The highest BCUT2D eigenvalue weighted by molar-refractivity contribution is 9.10. The quantitative estimate of drug-likeness (QED) is 0.881. The second-order valence-corrected chi connectivity index (χ2v) is 5.67. The zero-order valence-corrected chi connectivity index (χ0v) is 11.8. The van der Waals surface area contributed by atoms with E-state index in [1.807, 2.05) is 6.07 Å². The molecule has 0 aliphatic heterocycles. The third-order valence-corrected chi connectivity index (χ3v) is 4.71. The van der Waals surface area contributed by atoms with Crippen LogP contribution in [0.25, 0.3) is 10.6 Å². The van der Waals surface area contributed by atoms with Crippen molar-refractivity contribution in [1.82, 2.24) is 4.98 Å². The summed E-state index contributed by atoms with van der Waals surface area (Å²) < 4.78 is 0.668. The fourth-order valence-electron chi connectivity index (χ4n) is 1.18. The van der Waals surface area contributed by atoms with E-state index >= 15 is 0 Å². The van der Waals surface area contributed by atoms with Gasteiger partial charge in [0, 0.05) is 5.56 Å². The van der Waals surface area contributed by atoms with Crippen molar-refractivity contribution in [2.24, 2.45) is 0 Å². The Morgan fingerprint density at radius 2 is 2.06 bits per heavy atom. The van der Waals surface area contributed by atoms with Gasteiger partial charge >= 0.3 is 0 Å². The summed E-state index contributed by atoms with van der Waals surface area (Å²) in [7, 11) is 0. The van der Waals surface area contributed by atoms with Crippen molar-refractivity contribution in [2.45, 2.75) is 6.61 Å². The topological polar surface area (TPSA) is 33.1 Å². The van der Waals surface area contributed by atoms with Crippen LogP contribution in [0.15, 0.2) is 22.8 Å². The fourth-order valence-corrected chi connectivity index (χ4v) is 2.95. The maximum absolute atomic E-state index is 9.07. The third kappa shape index (κ3) is 2.41. The summed E-state index contributed by atoms with van der Waals surface area (Å²) >= 11 is 16.5. The summed E-state index contributed by atoms with van der Waals surface area (Å²) in [6.07, 6.45) is 0. The SMILES string of the molecule is OCc1sc(-c2ccc(Cl)c(Cl)c2)nc1Br. The highest BCUT2D eigenvalue weighted by Crippen LogP contribution is 2.34. The summed E-state index contributed by atoms with van der Waals surface area (Å²) in [5, 5.41) is 10.9. The van der Waals surface area contributed by atoms with Gasteiger partial charge in [0.2, 0.25) is 0 Å². The maximum atomic E-state index is 9.07. The molecule has 0 saturated heterocycles. The minimum Gasteiger partial charge on any atom is -0.391 e. The molecule has 0 radical (unpaired) electrons. The zero-order valence-electron chi connectivity index (χ0n) is 7.88. The third-order valence-electron chi connectivity index (χ3n) is 1.96. The number of benzene rings is 1. The Hall–Kier alpha value is -0.130. The molecule has 0 unspecified atom stereocenters. The monoisotopic (exact) mass is 337 g/mol. The molecule has 1 aromatic heterocycles. The van der Waals surface area contributed by atoms with Crippen molar-refractivity contribution in [3.8, 4) is 10.6 Å². The van der Waals surface area contributed by atoms with Gasteiger partial charge in [-0.1, -0.05) is 29.3 Å². The van der Waals surface area contributed by atoms with Crippen LogP contribution in [0.4, 0.5) is 0 Å². The Labute approximate surface area is 115 Å². The van der Waals surface area contributed by atoms with Gasteiger partial charge in [-0.15, -0.1) is 11.3 Å². The first kappa shape index (κ1) is 12.3. The van der Waals surface area contributed by atoms with Crippen molar-refractivity contribution in [2.75, 3.05) is 0 Å². The second kappa shape index (κ2) is 5.02. The number of aliphatic hydroxyl groups is 1. The molecule has 2 nitrogen and oxygen atoms in total. The first-order chi connectivity index (χ1) is 7.61. The molecule has 0 atom stereocenters. The van der Waals surface area contributed by atoms with Gasteiger partial charge < -0.3 is 5.11 Å². The number of rotatable bonds is 2. The normalized spacial score (nSPS) is 10.8. The van der Waals surface area contributed by atoms with Gasteiger partial charge in [-0.05, 0) is 28.1 Å². The molecule has 84 valence electrons. The second-order valence-electron chi connectivity index (χ2n) is 3.02. The lowest BCUT2D eigenvalue weighted by Gasteiger charge is -1.98. The van der Waals surface area contributed by atoms with E-state index in [1.54, 1.807) is 12.1 Å². The van der Waals surface area contributed by atoms with E-state index in [0.717, 1.165) is 15.4 Å². The molecule has 0 saturated carbocycles. The summed E-state index contributed by atoms with van der Waals surface area (Å²) in [4.78, 5) is 5.09. The predicted octanol–water partition coefficient (Wildman–Crippen LogP) is 4.37. The van der Waals surface area contributed by atoms with E-state index in [0.29, 0.717) is 14.6 Å². The van der Waals surface area contributed by atoms with Gasteiger partial charge in [-0.2, -0.15) is 0 Å². The molecule has 0 aliphatic rings. The molecule has 0 amide bonds. The molecule has 1 aromatic carbocycles. The lowest BCUT2D eigenvalue weighted by Crippen LogP contribution is -1.77. The van der Waals surface area contributed by atoms with Gasteiger partial charge in [-0.25, -0.2) is 4.98 Å². The minimum atomic E-state index is -0.0282. The van der Waals surface area contributed by atoms with E-state index in [4.69, 9.17) is 28.3 Å². The molecule has 2 rings (SSSR count). The Bertz CT molecular complexity index is 530. The zero-order chi connectivity index (χ0) is 11.7. The van der Waals surface area contributed by atoms with Gasteiger partial charge in [0.25, 0.3) is 0 Å². The summed E-state index contributed by atoms with van der Waals surface area (Å²) in [6, 6.07) is 5.34. The van der Waals surface area contributed by atoms with Gasteiger partial charge in [-0.3, -0.25) is 0 Å². The number of thiazole rings is 1. The standard InChI is InChI=1S/C10H6BrCl2NOS/c11-9-8(4-15)16-10(14-9)5-1-2-6(12)7(13)3-5/h1-3,15H,4H2. The van der Waals surface area contributed by atoms with Crippen molar-refractivity contribution in [3.63, 3.8) is 0 Å². The molecule has 1 N–H and O–H groups in total. The van der Waals surface area contributed by atoms with Crippen molar-refractivity contribution < 1.29 is 5.11 Å². The average molecular weight is 339 g/mol. The molecule has 6 heteroatoms. The maximum Gasteiger partial charge on any atom is 0.125 e. The highest BCUT2D eigenvalue weighted by Gasteiger charge is 2.10. The van der Waals surface area contributed by atoms with Gasteiger partial charge in [0.05, 0.1) is 21.5 Å². The van der Waals surface area contributed by atoms with Crippen LogP contribution in [0.2, 0.25) is 10.0 Å². The van der Waals surface area contributed by atoms with E-state index in [-0.39, 0.29) is 6.61 Å². The smallest absolute Gasteiger partial charge is 0.125 e. The minimum absolute atomic E-state index is 0.0282. The number of hydrogen-bond acceptors (Lipinski definition) is 3. The van der Waals surface area contributed by atoms with Crippen LogP contribution in [-0.2, 0) is 6.61 Å². The largest absolute Gasteiger partial charge is 0.391 e. The van der Waals surface area contributed by atoms with Crippen molar-refractivity contribution in [3.05, 3.63) is 37.7 Å². The highest BCUT2D eigenvalue weighted by atomic mass is 79.9. The van der Waals surface area contributed by atoms with E-state index in [2.05, 4.69) is 20.9 Å². The van der Waals surface area contributed by atoms with Crippen molar-refractivity contribution >= 4 is 50.5 Å². The van der Waals surface area contributed by atoms with Gasteiger partial charge in [0.1, 0.15) is 9.61 Å². The fraction of sp³-hybridized carbons (Fsp3) is 0.100. The van der Waals surface area contributed by atoms with Gasteiger partial charge in [0.15, 0.2) is 0 Å². The first-order valence-electron chi connectivity index (χ1n) is 4.33. The van der Waals surface area contributed by atoms with Crippen LogP contribution in [0.3, 0.4) is 0 Å². The molecule has 2 aromatic rings. The first-order valence-corrected chi connectivity index (χ1v) is 6.70. The lowest BCUT2D eigenvalue weighted by atomic mass is 10.2. The molecule has 0 spiro atoms. The van der Waals surface area contributed by atoms with Crippen LogP contribution in [0.5, 0.6) is 0 Å². The van der Waals surface area contributed by atoms with E-state index in [9.17, 15) is 0 Å². The van der Waals surface area contributed by atoms with Crippen LogP contribution in [-0.4, -0.2) is 10.1 Å².